The van der Waals surface area contributed by atoms with E-state index < -0.39 is 0 Å². The van der Waals surface area contributed by atoms with E-state index >= 15 is 0 Å². The molecule has 0 aromatic carbocycles. The van der Waals surface area contributed by atoms with Gasteiger partial charge in [-0.2, -0.15) is 0 Å². The third-order valence-corrected chi connectivity index (χ3v) is 4.63. The fraction of sp³-hybridized carbons (Fsp3) is 0.400. The van der Waals surface area contributed by atoms with Crippen LogP contribution >= 0.6 is 22.9 Å². The summed E-state index contributed by atoms with van der Waals surface area (Å²) in [6.07, 6.45) is 4.49. The maximum atomic E-state index is 5.97. The van der Waals surface area contributed by atoms with E-state index in [0.29, 0.717) is 6.04 Å². The van der Waals surface area contributed by atoms with E-state index in [4.69, 9.17) is 11.6 Å². The minimum atomic E-state index is 0.714. The highest BCUT2D eigenvalue weighted by atomic mass is 35.5. The molecule has 1 N–H and O–H groups in total. The summed E-state index contributed by atoms with van der Waals surface area (Å²) >= 11 is 7.61. The molecule has 0 unspecified atom stereocenters. The maximum Gasteiger partial charge on any atom is 0.0931 e. The number of nitrogens with one attached hydrogen (secondary N) is 1. The van der Waals surface area contributed by atoms with Gasteiger partial charge in [0.25, 0.3) is 0 Å². The van der Waals surface area contributed by atoms with Crippen LogP contribution < -0.4 is 10.2 Å². The molecular formula is C15H18ClN3S. The van der Waals surface area contributed by atoms with Crippen molar-refractivity contribution in [1.82, 2.24) is 10.3 Å². The minimum Gasteiger partial charge on any atom is -0.369 e. The van der Waals surface area contributed by atoms with Gasteiger partial charge in [0, 0.05) is 36.4 Å². The van der Waals surface area contributed by atoms with E-state index in [1.807, 2.05) is 12.3 Å². The predicted octanol–water partition coefficient (Wildman–Crippen LogP) is 3.68. The van der Waals surface area contributed by atoms with Gasteiger partial charge in [-0.05, 0) is 37.1 Å². The zero-order valence-corrected chi connectivity index (χ0v) is 13.0. The number of aromatic nitrogens is 1. The van der Waals surface area contributed by atoms with Gasteiger partial charge < -0.3 is 10.2 Å². The molecule has 1 fully saturated rings. The molecule has 2 heterocycles. The van der Waals surface area contributed by atoms with E-state index in [9.17, 15) is 0 Å². The first-order valence-corrected chi connectivity index (χ1v) is 8.04. The van der Waals surface area contributed by atoms with Gasteiger partial charge in [0.05, 0.1) is 16.6 Å². The summed E-state index contributed by atoms with van der Waals surface area (Å²) in [6, 6.07) is 8.96. The van der Waals surface area contributed by atoms with Crippen LogP contribution in [-0.4, -0.2) is 18.1 Å². The summed E-state index contributed by atoms with van der Waals surface area (Å²) in [7, 11) is 2.10. The van der Waals surface area contributed by atoms with Gasteiger partial charge in [-0.1, -0.05) is 11.6 Å². The molecule has 0 amide bonds. The number of pyridine rings is 1. The van der Waals surface area contributed by atoms with Crippen molar-refractivity contribution in [2.24, 2.45) is 0 Å². The van der Waals surface area contributed by atoms with Crippen LogP contribution in [0.5, 0.6) is 0 Å². The van der Waals surface area contributed by atoms with Crippen LogP contribution in [0, 0.1) is 0 Å². The molecular weight excluding hydrogens is 290 g/mol. The van der Waals surface area contributed by atoms with Crippen LogP contribution in [0.4, 0.5) is 5.69 Å². The number of halogens is 1. The van der Waals surface area contributed by atoms with E-state index in [1.165, 1.54) is 23.4 Å². The Morgan fingerprint density at radius 3 is 2.95 bits per heavy atom. The average molecular weight is 308 g/mol. The average Bonchev–Trinajstić information content (AvgIpc) is 3.19. The molecule has 2 aromatic heterocycles. The molecule has 3 rings (SSSR count). The lowest BCUT2D eigenvalue weighted by Crippen LogP contribution is -2.18. The zero-order valence-electron chi connectivity index (χ0n) is 11.5. The molecule has 0 aliphatic heterocycles. The monoisotopic (exact) mass is 307 g/mol. The first kappa shape index (κ1) is 13.9. The predicted molar refractivity (Wildman–Crippen MR) is 85.5 cm³/mol. The Bertz CT molecular complexity index is 580. The van der Waals surface area contributed by atoms with Gasteiger partial charge in [0.2, 0.25) is 0 Å². The fourth-order valence-corrected chi connectivity index (χ4v) is 3.24. The van der Waals surface area contributed by atoms with Gasteiger partial charge in [0.15, 0.2) is 0 Å². The van der Waals surface area contributed by atoms with Crippen LogP contribution in [0.2, 0.25) is 4.34 Å². The summed E-state index contributed by atoms with van der Waals surface area (Å²) in [5.74, 6) is 0. The summed E-state index contributed by atoms with van der Waals surface area (Å²) in [5, 5.41) is 3.50. The third kappa shape index (κ3) is 3.72. The Morgan fingerprint density at radius 1 is 1.40 bits per heavy atom. The molecule has 0 bridgehead atoms. The SMILES string of the molecule is CN(Cc1ccc(Cl)s1)c1ccnc(CNC2CC2)c1. The first-order chi connectivity index (χ1) is 9.70. The topological polar surface area (TPSA) is 28.2 Å². The number of anilines is 1. The molecule has 5 heteroatoms. The Morgan fingerprint density at radius 2 is 2.25 bits per heavy atom. The van der Waals surface area contributed by atoms with Crippen LogP contribution in [0.1, 0.15) is 23.4 Å². The van der Waals surface area contributed by atoms with Gasteiger partial charge in [-0.15, -0.1) is 11.3 Å². The minimum absolute atomic E-state index is 0.714. The lowest BCUT2D eigenvalue weighted by molar-refractivity contribution is 0.674. The highest BCUT2D eigenvalue weighted by molar-refractivity contribution is 7.16. The van der Waals surface area contributed by atoms with Gasteiger partial charge in [0.1, 0.15) is 0 Å². The van der Waals surface area contributed by atoms with Crippen molar-refractivity contribution < 1.29 is 0 Å². The molecule has 1 saturated carbocycles. The van der Waals surface area contributed by atoms with Gasteiger partial charge >= 0.3 is 0 Å². The van der Waals surface area contributed by atoms with Crippen molar-refractivity contribution in [3.05, 3.63) is 45.4 Å². The van der Waals surface area contributed by atoms with E-state index in [-0.39, 0.29) is 0 Å². The van der Waals surface area contributed by atoms with Crippen molar-refractivity contribution >= 4 is 28.6 Å². The van der Waals surface area contributed by atoms with Gasteiger partial charge in [-0.25, -0.2) is 0 Å². The molecule has 20 heavy (non-hydrogen) atoms. The van der Waals surface area contributed by atoms with Crippen LogP contribution in [0.25, 0.3) is 0 Å². The normalized spacial score (nSPS) is 14.5. The van der Waals surface area contributed by atoms with Crippen molar-refractivity contribution in [1.29, 1.82) is 0 Å². The highest BCUT2D eigenvalue weighted by Gasteiger charge is 2.20. The molecule has 0 atom stereocenters. The number of hydrogen-bond acceptors (Lipinski definition) is 4. The first-order valence-electron chi connectivity index (χ1n) is 6.84. The number of rotatable bonds is 6. The molecule has 3 nitrogen and oxygen atoms in total. The standard InChI is InChI=1S/C15H18ClN3S/c1-19(10-14-4-5-15(16)20-14)13-6-7-17-12(8-13)9-18-11-2-3-11/h4-8,11,18H,2-3,9-10H2,1H3. The second-order valence-corrected chi connectivity index (χ2v) is 7.02. The molecule has 0 radical (unpaired) electrons. The molecule has 1 aliphatic carbocycles. The van der Waals surface area contributed by atoms with Crippen LogP contribution in [0.15, 0.2) is 30.5 Å². The number of nitrogens with zero attached hydrogens (tertiary/aromatic N) is 2. The second kappa shape index (κ2) is 6.12. The number of thiophene rings is 1. The van der Waals surface area contributed by atoms with E-state index in [1.54, 1.807) is 11.3 Å². The summed E-state index contributed by atoms with van der Waals surface area (Å²) in [4.78, 5) is 7.92. The molecule has 2 aromatic rings. The summed E-state index contributed by atoms with van der Waals surface area (Å²) < 4.78 is 0.845. The second-order valence-electron chi connectivity index (χ2n) is 5.22. The third-order valence-electron chi connectivity index (χ3n) is 3.41. The van der Waals surface area contributed by atoms with Crippen molar-refractivity contribution in [2.75, 3.05) is 11.9 Å². The quantitative estimate of drug-likeness (QED) is 0.882. The molecule has 0 spiro atoms. The zero-order chi connectivity index (χ0) is 13.9. The lowest BCUT2D eigenvalue weighted by Gasteiger charge is -2.19. The summed E-state index contributed by atoms with van der Waals surface area (Å²) in [6.45, 7) is 1.73. The fourth-order valence-electron chi connectivity index (χ4n) is 2.10. The Labute approximate surface area is 128 Å². The number of hydrogen-bond donors (Lipinski definition) is 1. The largest absolute Gasteiger partial charge is 0.369 e. The van der Waals surface area contributed by atoms with Crippen LogP contribution in [0.3, 0.4) is 0 Å². The molecule has 1 aliphatic rings. The molecule has 0 saturated heterocycles. The smallest absolute Gasteiger partial charge is 0.0931 e. The highest BCUT2D eigenvalue weighted by Crippen LogP contribution is 2.24. The Hall–Kier alpha value is -1.10. The van der Waals surface area contributed by atoms with Crippen molar-refractivity contribution in [3.8, 4) is 0 Å². The van der Waals surface area contributed by atoms with E-state index in [0.717, 1.165) is 23.1 Å². The Kier molecular flexibility index (Phi) is 4.24. The lowest BCUT2D eigenvalue weighted by atomic mass is 10.3. The summed E-state index contributed by atoms with van der Waals surface area (Å²) in [5.41, 5.74) is 2.29. The van der Waals surface area contributed by atoms with Gasteiger partial charge in [-0.3, -0.25) is 4.98 Å². The maximum absolute atomic E-state index is 5.97. The molecule has 106 valence electrons. The Balaban J connectivity index is 1.63. The van der Waals surface area contributed by atoms with Crippen molar-refractivity contribution in [2.45, 2.75) is 32.0 Å². The van der Waals surface area contributed by atoms with E-state index in [2.05, 4.69) is 40.4 Å². The van der Waals surface area contributed by atoms with Crippen molar-refractivity contribution in [3.63, 3.8) is 0 Å². The van der Waals surface area contributed by atoms with Crippen LogP contribution in [-0.2, 0) is 13.1 Å².